The van der Waals surface area contributed by atoms with Gasteiger partial charge in [-0.1, -0.05) is 12.1 Å². The van der Waals surface area contributed by atoms with E-state index in [-0.39, 0.29) is 17.7 Å². The highest BCUT2D eigenvalue weighted by Crippen LogP contribution is 2.27. The van der Waals surface area contributed by atoms with Crippen molar-refractivity contribution in [2.75, 3.05) is 31.5 Å². The summed E-state index contributed by atoms with van der Waals surface area (Å²) in [5, 5.41) is 11.3. The van der Waals surface area contributed by atoms with E-state index >= 15 is 0 Å². The van der Waals surface area contributed by atoms with Gasteiger partial charge in [-0.05, 0) is 38.1 Å². The van der Waals surface area contributed by atoms with Crippen molar-refractivity contribution in [2.24, 2.45) is 0 Å². The number of piperazine rings is 1. The molecule has 0 atom stereocenters. The molecule has 0 spiro atoms. The summed E-state index contributed by atoms with van der Waals surface area (Å²) in [5.74, 6) is 1.07. The van der Waals surface area contributed by atoms with Crippen LogP contribution in [0.15, 0.2) is 36.4 Å². The van der Waals surface area contributed by atoms with Crippen LogP contribution in [0.5, 0.6) is 5.75 Å². The summed E-state index contributed by atoms with van der Waals surface area (Å²) in [5.41, 5.74) is 1.07. The van der Waals surface area contributed by atoms with Gasteiger partial charge in [-0.3, -0.25) is 9.59 Å². The number of rotatable bonds is 6. The van der Waals surface area contributed by atoms with E-state index in [1.54, 1.807) is 21.9 Å². The fraction of sp³-hybridized carbons (Fsp3) is 0.368. The first-order valence-corrected chi connectivity index (χ1v) is 8.92. The van der Waals surface area contributed by atoms with Crippen LogP contribution in [-0.2, 0) is 4.79 Å². The van der Waals surface area contributed by atoms with Crippen molar-refractivity contribution in [1.29, 1.82) is 0 Å². The number of carbonyl (C=O) groups excluding carboxylic acids is 2. The first-order valence-electron chi connectivity index (χ1n) is 8.92. The molecule has 0 radical (unpaired) electrons. The lowest BCUT2D eigenvalue weighted by Crippen LogP contribution is -2.48. The molecule has 0 aliphatic carbocycles. The van der Waals surface area contributed by atoms with Gasteiger partial charge in [-0.15, -0.1) is 10.2 Å². The number of benzene rings is 1. The fourth-order valence-corrected chi connectivity index (χ4v) is 2.77. The van der Waals surface area contributed by atoms with Crippen molar-refractivity contribution in [1.82, 2.24) is 20.0 Å². The molecule has 2 heterocycles. The molecule has 27 heavy (non-hydrogen) atoms. The molecule has 3 rings (SSSR count). The molecule has 1 saturated heterocycles. The number of hydrogen-bond acceptors (Lipinski definition) is 6. The van der Waals surface area contributed by atoms with Crippen molar-refractivity contribution in [2.45, 2.75) is 20.0 Å². The maximum absolute atomic E-state index is 12.5. The molecule has 8 heteroatoms. The van der Waals surface area contributed by atoms with Crippen molar-refractivity contribution in [3.05, 3.63) is 42.1 Å². The highest BCUT2D eigenvalue weighted by Gasteiger charge is 2.22. The highest BCUT2D eigenvalue weighted by molar-refractivity contribution is 5.92. The van der Waals surface area contributed by atoms with Crippen molar-refractivity contribution < 1.29 is 14.3 Å². The Balaban J connectivity index is 1.66. The maximum atomic E-state index is 12.5. The summed E-state index contributed by atoms with van der Waals surface area (Å²) in [6.45, 7) is 6.00. The zero-order chi connectivity index (χ0) is 19.2. The predicted octanol–water partition coefficient (Wildman–Crippen LogP) is 1.92. The third-order valence-electron chi connectivity index (χ3n) is 4.15. The average molecular weight is 369 g/mol. The molecule has 1 aromatic heterocycles. The Labute approximate surface area is 158 Å². The van der Waals surface area contributed by atoms with Gasteiger partial charge >= 0.3 is 0 Å². The average Bonchev–Trinajstić information content (AvgIpc) is 2.69. The second kappa shape index (κ2) is 8.48. The van der Waals surface area contributed by atoms with Crippen LogP contribution in [0.25, 0.3) is 0 Å². The van der Waals surface area contributed by atoms with Gasteiger partial charge in [0.15, 0.2) is 11.5 Å². The number of hydrogen-bond donors (Lipinski definition) is 1. The van der Waals surface area contributed by atoms with Gasteiger partial charge in [0.25, 0.3) is 5.91 Å². The molecule has 142 valence electrons. The second-order valence-corrected chi connectivity index (χ2v) is 6.53. The quantitative estimate of drug-likeness (QED) is 0.783. The van der Waals surface area contributed by atoms with Crippen LogP contribution in [0, 0.1) is 0 Å². The van der Waals surface area contributed by atoms with Crippen LogP contribution >= 0.6 is 0 Å². The predicted molar refractivity (Wildman–Crippen MR) is 101 cm³/mol. The second-order valence-electron chi connectivity index (χ2n) is 6.53. The lowest BCUT2D eigenvalue weighted by Gasteiger charge is -2.32. The summed E-state index contributed by atoms with van der Waals surface area (Å²) in [6, 6.07) is 10.9. The van der Waals surface area contributed by atoms with E-state index in [0.29, 0.717) is 32.0 Å². The third kappa shape index (κ3) is 4.72. The Kier molecular flexibility index (Phi) is 5.85. The number of anilines is 2. The van der Waals surface area contributed by atoms with Crippen LogP contribution in [0.1, 0.15) is 24.3 Å². The molecule has 0 saturated carbocycles. The van der Waals surface area contributed by atoms with Gasteiger partial charge < -0.3 is 19.9 Å². The van der Waals surface area contributed by atoms with Gasteiger partial charge in [-0.2, -0.15) is 0 Å². The smallest absolute Gasteiger partial charge is 0.274 e. The number of nitrogens with zero attached hydrogens (tertiary/aromatic N) is 4. The van der Waals surface area contributed by atoms with Crippen LogP contribution in [0.4, 0.5) is 11.5 Å². The first-order chi connectivity index (χ1) is 13.1. The molecule has 2 aromatic rings. The zero-order valence-electron chi connectivity index (χ0n) is 15.5. The van der Waals surface area contributed by atoms with Gasteiger partial charge in [0.05, 0.1) is 11.8 Å². The van der Waals surface area contributed by atoms with E-state index in [1.807, 2.05) is 38.1 Å². The van der Waals surface area contributed by atoms with Crippen LogP contribution < -0.4 is 10.1 Å². The van der Waals surface area contributed by atoms with E-state index in [1.165, 1.54) is 0 Å². The third-order valence-corrected chi connectivity index (χ3v) is 4.15. The van der Waals surface area contributed by atoms with Crippen molar-refractivity contribution >= 4 is 23.8 Å². The Bertz CT molecular complexity index is 786. The SMILES string of the molecule is CC(C)Oc1ccccc1Nc1ccc(C(=O)N2CCN(C=O)CC2)nn1. The number of para-hydroxylation sites is 2. The molecule has 1 aromatic carbocycles. The zero-order valence-corrected chi connectivity index (χ0v) is 15.5. The Morgan fingerprint density at radius 3 is 2.48 bits per heavy atom. The lowest BCUT2D eigenvalue weighted by atomic mass is 10.2. The molecule has 0 unspecified atom stereocenters. The van der Waals surface area contributed by atoms with Gasteiger partial charge in [0, 0.05) is 26.2 Å². The Morgan fingerprint density at radius 2 is 1.85 bits per heavy atom. The summed E-state index contributed by atoms with van der Waals surface area (Å²) < 4.78 is 5.78. The van der Waals surface area contributed by atoms with Crippen molar-refractivity contribution in [3.63, 3.8) is 0 Å². The van der Waals surface area contributed by atoms with Crippen molar-refractivity contribution in [3.8, 4) is 5.75 Å². The molecule has 0 bridgehead atoms. The lowest BCUT2D eigenvalue weighted by molar-refractivity contribution is -0.119. The highest BCUT2D eigenvalue weighted by atomic mass is 16.5. The standard InChI is InChI=1S/C19H23N5O3/c1-14(2)27-17-6-4-3-5-15(17)20-18-8-7-16(21-22-18)19(26)24-11-9-23(13-25)10-12-24/h3-8,13-14H,9-12H2,1-2H3,(H,20,22). The van der Waals surface area contributed by atoms with E-state index in [2.05, 4.69) is 15.5 Å². The molecule has 1 aliphatic rings. The summed E-state index contributed by atoms with van der Waals surface area (Å²) in [4.78, 5) is 26.6. The minimum Gasteiger partial charge on any atom is -0.489 e. The molecule has 1 fully saturated rings. The van der Waals surface area contributed by atoms with E-state index in [4.69, 9.17) is 4.74 Å². The normalized spacial score (nSPS) is 14.2. The van der Waals surface area contributed by atoms with Gasteiger partial charge in [0.1, 0.15) is 5.75 Å². The number of amides is 2. The number of ether oxygens (including phenoxy) is 1. The van der Waals surface area contributed by atoms with Gasteiger partial charge in [-0.25, -0.2) is 0 Å². The molecule has 8 nitrogen and oxygen atoms in total. The minimum absolute atomic E-state index is 0.0544. The monoisotopic (exact) mass is 369 g/mol. The Hall–Kier alpha value is -3.16. The minimum atomic E-state index is -0.178. The van der Waals surface area contributed by atoms with E-state index in [0.717, 1.165) is 17.8 Å². The molecule has 1 aliphatic heterocycles. The molecular weight excluding hydrogens is 346 g/mol. The van der Waals surface area contributed by atoms with Gasteiger partial charge in [0.2, 0.25) is 6.41 Å². The fourth-order valence-electron chi connectivity index (χ4n) is 2.77. The molecule has 2 amide bonds. The number of carbonyl (C=O) groups is 2. The summed E-state index contributed by atoms with van der Waals surface area (Å²) in [6.07, 6.45) is 0.863. The maximum Gasteiger partial charge on any atom is 0.274 e. The first kappa shape index (κ1) is 18.6. The number of nitrogens with one attached hydrogen (secondary N) is 1. The van der Waals surface area contributed by atoms with E-state index in [9.17, 15) is 9.59 Å². The summed E-state index contributed by atoms with van der Waals surface area (Å²) in [7, 11) is 0. The Morgan fingerprint density at radius 1 is 1.11 bits per heavy atom. The molecular formula is C19H23N5O3. The molecule has 1 N–H and O–H groups in total. The van der Waals surface area contributed by atoms with Crippen LogP contribution in [0.3, 0.4) is 0 Å². The summed E-state index contributed by atoms with van der Waals surface area (Å²) >= 11 is 0. The van der Waals surface area contributed by atoms with E-state index < -0.39 is 0 Å². The number of aromatic nitrogens is 2. The topological polar surface area (TPSA) is 87.7 Å². The van der Waals surface area contributed by atoms with Crippen LogP contribution in [0.2, 0.25) is 0 Å². The largest absolute Gasteiger partial charge is 0.489 e. The van der Waals surface area contributed by atoms with Crippen LogP contribution in [-0.4, -0.2) is 64.6 Å².